The normalized spacial score (nSPS) is 10.9. The van der Waals surface area contributed by atoms with Gasteiger partial charge >= 0.3 is 0 Å². The first-order valence-electron chi connectivity index (χ1n) is 7.37. The van der Waals surface area contributed by atoms with E-state index in [1.54, 1.807) is 37.5 Å². The minimum absolute atomic E-state index is 0.0672. The number of rotatable bonds is 6. The molecule has 0 radical (unpaired) electrons. The summed E-state index contributed by atoms with van der Waals surface area (Å²) >= 11 is 3.44. The average Bonchev–Trinajstić information content (AvgIpc) is 2.61. The highest BCUT2D eigenvalue weighted by molar-refractivity contribution is 9.10. The molecule has 7 heteroatoms. The lowest BCUT2D eigenvalue weighted by Gasteiger charge is -2.12. The molecule has 0 saturated carbocycles. The highest BCUT2D eigenvalue weighted by Gasteiger charge is 2.12. The van der Waals surface area contributed by atoms with E-state index in [1.165, 1.54) is 12.1 Å². The molecule has 0 spiro atoms. The molecule has 0 aromatic heterocycles. The Morgan fingerprint density at radius 1 is 1.36 bits per heavy atom. The van der Waals surface area contributed by atoms with Crippen molar-refractivity contribution in [1.29, 1.82) is 5.26 Å². The highest BCUT2D eigenvalue weighted by atomic mass is 79.9. The first-order valence-corrected chi connectivity index (χ1v) is 8.16. The lowest BCUT2D eigenvalue weighted by atomic mass is 10.0. The summed E-state index contributed by atoms with van der Waals surface area (Å²) in [6, 6.07) is 11.5. The first-order chi connectivity index (χ1) is 12.0. The van der Waals surface area contributed by atoms with Crippen molar-refractivity contribution in [3.8, 4) is 17.6 Å². The van der Waals surface area contributed by atoms with Gasteiger partial charge in [0.15, 0.2) is 11.5 Å². The van der Waals surface area contributed by atoms with Crippen LogP contribution in [-0.2, 0) is 0 Å². The second-order valence-corrected chi connectivity index (χ2v) is 5.79. The maximum absolute atomic E-state index is 10.9. The summed E-state index contributed by atoms with van der Waals surface area (Å²) in [5.41, 5.74) is 1.41. The molecule has 0 bridgehead atoms. The fourth-order valence-electron chi connectivity index (χ4n) is 2.21. The molecule has 0 heterocycles. The van der Waals surface area contributed by atoms with E-state index in [0.29, 0.717) is 39.3 Å². The number of hydrogen-bond donors (Lipinski definition) is 0. The molecule has 0 amide bonds. The number of nitro groups is 1. The van der Waals surface area contributed by atoms with Crippen molar-refractivity contribution in [1.82, 2.24) is 0 Å². The van der Waals surface area contributed by atoms with Gasteiger partial charge in [-0.3, -0.25) is 10.1 Å². The summed E-state index contributed by atoms with van der Waals surface area (Å²) in [6.45, 7) is 2.33. The van der Waals surface area contributed by atoms with Crippen LogP contribution in [0, 0.1) is 21.4 Å². The molecule has 2 rings (SSSR count). The number of nitriles is 1. The summed E-state index contributed by atoms with van der Waals surface area (Å²) < 4.78 is 11.5. The molecule has 0 atom stereocenters. The summed E-state index contributed by atoms with van der Waals surface area (Å²) in [5, 5.41) is 20.4. The van der Waals surface area contributed by atoms with Crippen LogP contribution >= 0.6 is 15.9 Å². The van der Waals surface area contributed by atoms with Gasteiger partial charge in [-0.2, -0.15) is 5.26 Å². The van der Waals surface area contributed by atoms with Crippen molar-refractivity contribution in [3.05, 3.63) is 62.1 Å². The predicted molar refractivity (Wildman–Crippen MR) is 98.4 cm³/mol. The molecule has 128 valence electrons. The van der Waals surface area contributed by atoms with Crippen molar-refractivity contribution < 1.29 is 14.4 Å². The number of ether oxygens (including phenoxy) is 2. The van der Waals surface area contributed by atoms with Crippen molar-refractivity contribution in [2.75, 3.05) is 13.7 Å². The van der Waals surface area contributed by atoms with Crippen LogP contribution < -0.4 is 9.47 Å². The third-order valence-corrected chi connectivity index (χ3v) is 4.06. The fourth-order valence-corrected chi connectivity index (χ4v) is 2.65. The maximum Gasteiger partial charge on any atom is 0.270 e. The molecule has 0 aliphatic carbocycles. The van der Waals surface area contributed by atoms with E-state index in [0.717, 1.165) is 0 Å². The molecule has 6 nitrogen and oxygen atoms in total. The second-order valence-electron chi connectivity index (χ2n) is 4.93. The molecule has 0 saturated heterocycles. The van der Waals surface area contributed by atoms with Gasteiger partial charge in [0.2, 0.25) is 0 Å². The molecule has 0 aliphatic rings. The SMILES string of the molecule is CCOc1cc(C=C(C#N)c2cccc([N+](=O)[O-])c2)c(Br)cc1OC. The number of allylic oxidation sites excluding steroid dienone is 1. The molecule has 2 aromatic carbocycles. The lowest BCUT2D eigenvalue weighted by Crippen LogP contribution is -1.96. The minimum atomic E-state index is -0.491. The van der Waals surface area contributed by atoms with Crippen LogP contribution in [-0.4, -0.2) is 18.6 Å². The topological polar surface area (TPSA) is 85.4 Å². The number of halogens is 1. The Balaban J connectivity index is 2.53. The third-order valence-electron chi connectivity index (χ3n) is 3.37. The molecule has 0 fully saturated rings. The Morgan fingerprint density at radius 2 is 2.12 bits per heavy atom. The van der Waals surface area contributed by atoms with Crippen LogP contribution in [0.3, 0.4) is 0 Å². The van der Waals surface area contributed by atoms with Gasteiger partial charge < -0.3 is 9.47 Å². The molecule has 0 unspecified atom stereocenters. The smallest absolute Gasteiger partial charge is 0.270 e. The van der Waals surface area contributed by atoms with E-state index in [9.17, 15) is 15.4 Å². The maximum atomic E-state index is 10.9. The summed E-state index contributed by atoms with van der Waals surface area (Å²) in [4.78, 5) is 10.4. The van der Waals surface area contributed by atoms with Crippen molar-refractivity contribution in [3.63, 3.8) is 0 Å². The van der Waals surface area contributed by atoms with Gasteiger partial charge in [0.25, 0.3) is 5.69 Å². The summed E-state index contributed by atoms with van der Waals surface area (Å²) in [7, 11) is 1.55. The zero-order valence-corrected chi connectivity index (χ0v) is 15.2. The van der Waals surface area contributed by atoms with Crippen molar-refractivity contribution in [2.24, 2.45) is 0 Å². The molecule has 25 heavy (non-hydrogen) atoms. The van der Waals surface area contributed by atoms with Crippen LogP contribution in [0.2, 0.25) is 0 Å². The fraction of sp³-hybridized carbons (Fsp3) is 0.167. The van der Waals surface area contributed by atoms with Crippen LogP contribution in [0.4, 0.5) is 5.69 Å². The number of nitro benzene ring substituents is 1. The van der Waals surface area contributed by atoms with Gasteiger partial charge in [-0.25, -0.2) is 0 Å². The van der Waals surface area contributed by atoms with E-state index >= 15 is 0 Å². The Morgan fingerprint density at radius 3 is 2.72 bits per heavy atom. The van der Waals surface area contributed by atoms with Crippen LogP contribution in [0.15, 0.2) is 40.9 Å². The second kappa shape index (κ2) is 8.31. The number of benzene rings is 2. The summed E-state index contributed by atoms with van der Waals surface area (Å²) in [6.07, 6.45) is 1.64. The monoisotopic (exact) mass is 402 g/mol. The average molecular weight is 403 g/mol. The first kappa shape index (κ1) is 18.5. The van der Waals surface area contributed by atoms with Crippen LogP contribution in [0.25, 0.3) is 11.6 Å². The number of hydrogen-bond acceptors (Lipinski definition) is 5. The standard InChI is InChI=1S/C18H15BrN2O4/c1-3-25-18-9-13(16(19)10-17(18)24-2)7-14(11-20)12-5-4-6-15(8-12)21(22)23/h4-10H,3H2,1-2H3. The minimum Gasteiger partial charge on any atom is -0.493 e. The van der Waals surface area contributed by atoms with E-state index in [4.69, 9.17) is 9.47 Å². The molecular weight excluding hydrogens is 388 g/mol. The zero-order valence-electron chi connectivity index (χ0n) is 13.7. The molecule has 0 aliphatic heterocycles. The molecular formula is C18H15BrN2O4. The van der Waals surface area contributed by atoms with Gasteiger partial charge in [0.05, 0.1) is 30.3 Å². The van der Waals surface area contributed by atoms with Crippen molar-refractivity contribution in [2.45, 2.75) is 6.92 Å². The number of non-ortho nitro benzene ring substituents is 1. The van der Waals surface area contributed by atoms with Crippen LogP contribution in [0.5, 0.6) is 11.5 Å². The number of methoxy groups -OCH3 is 1. The Bertz CT molecular complexity index is 872. The van der Waals surface area contributed by atoms with Crippen LogP contribution in [0.1, 0.15) is 18.1 Å². The predicted octanol–water partition coefficient (Wildman–Crippen LogP) is 4.83. The van der Waals surface area contributed by atoms with Gasteiger partial charge in [0.1, 0.15) is 0 Å². The third kappa shape index (κ3) is 4.37. The van der Waals surface area contributed by atoms with E-state index in [1.807, 2.05) is 6.92 Å². The summed E-state index contributed by atoms with van der Waals surface area (Å²) in [5.74, 6) is 1.12. The molecule has 2 aromatic rings. The number of nitrogens with zero attached hydrogens (tertiary/aromatic N) is 2. The van der Waals surface area contributed by atoms with Crippen molar-refractivity contribution >= 4 is 33.3 Å². The van der Waals surface area contributed by atoms with E-state index in [-0.39, 0.29) is 5.69 Å². The Labute approximate surface area is 153 Å². The van der Waals surface area contributed by atoms with Gasteiger partial charge in [-0.05, 0) is 36.3 Å². The highest BCUT2D eigenvalue weighted by Crippen LogP contribution is 2.35. The molecule has 0 N–H and O–H groups in total. The Kier molecular flexibility index (Phi) is 6.14. The van der Waals surface area contributed by atoms with Gasteiger partial charge in [0, 0.05) is 16.6 Å². The van der Waals surface area contributed by atoms with Gasteiger partial charge in [-0.1, -0.05) is 28.1 Å². The lowest BCUT2D eigenvalue weighted by molar-refractivity contribution is -0.384. The largest absolute Gasteiger partial charge is 0.493 e. The van der Waals surface area contributed by atoms with E-state index < -0.39 is 4.92 Å². The zero-order chi connectivity index (χ0) is 18.4. The quantitative estimate of drug-likeness (QED) is 0.299. The van der Waals surface area contributed by atoms with E-state index in [2.05, 4.69) is 22.0 Å². The Hall–Kier alpha value is -2.85. The van der Waals surface area contributed by atoms with Gasteiger partial charge in [-0.15, -0.1) is 0 Å².